The number of esters is 1. The summed E-state index contributed by atoms with van der Waals surface area (Å²) >= 11 is 7.25. The first-order valence-corrected chi connectivity index (χ1v) is 11.4. The molecule has 2 heterocycles. The van der Waals surface area contributed by atoms with Gasteiger partial charge in [-0.3, -0.25) is 9.36 Å². The number of ether oxygens (including phenoxy) is 2. The van der Waals surface area contributed by atoms with E-state index in [2.05, 4.69) is 11.6 Å². The van der Waals surface area contributed by atoms with Gasteiger partial charge < -0.3 is 9.47 Å². The first-order valence-electron chi connectivity index (χ1n) is 10.2. The summed E-state index contributed by atoms with van der Waals surface area (Å²) in [4.78, 5) is 31.4. The molecule has 0 saturated heterocycles. The largest absolute Gasteiger partial charge is 0.497 e. The summed E-state index contributed by atoms with van der Waals surface area (Å²) in [6.45, 7) is 5.27. The van der Waals surface area contributed by atoms with E-state index in [1.54, 1.807) is 44.4 Å². The van der Waals surface area contributed by atoms with Crippen molar-refractivity contribution in [2.24, 2.45) is 4.99 Å². The minimum Gasteiger partial charge on any atom is -0.497 e. The van der Waals surface area contributed by atoms with Crippen molar-refractivity contribution in [2.45, 2.75) is 13.0 Å². The van der Waals surface area contributed by atoms with Crippen LogP contribution in [0.2, 0.25) is 5.02 Å². The molecule has 4 rings (SSSR count). The number of methoxy groups -OCH3 is 1. The van der Waals surface area contributed by atoms with Crippen LogP contribution < -0.4 is 19.6 Å². The number of hydrogen-bond donors (Lipinski definition) is 0. The van der Waals surface area contributed by atoms with Gasteiger partial charge in [0, 0.05) is 5.56 Å². The van der Waals surface area contributed by atoms with Crippen LogP contribution in [0.5, 0.6) is 5.75 Å². The number of fused-ring (bicyclic) bond motifs is 1. The van der Waals surface area contributed by atoms with E-state index in [4.69, 9.17) is 21.1 Å². The molecule has 3 aromatic rings. The number of aromatic nitrogens is 1. The van der Waals surface area contributed by atoms with Crippen molar-refractivity contribution in [1.82, 2.24) is 4.57 Å². The van der Waals surface area contributed by atoms with Crippen molar-refractivity contribution < 1.29 is 18.7 Å². The quantitative estimate of drug-likeness (QED) is 0.383. The van der Waals surface area contributed by atoms with Crippen molar-refractivity contribution in [3.8, 4) is 5.75 Å². The fourth-order valence-corrected chi connectivity index (χ4v) is 4.92. The van der Waals surface area contributed by atoms with Crippen LogP contribution in [-0.4, -0.2) is 24.3 Å². The van der Waals surface area contributed by atoms with Crippen LogP contribution in [0.25, 0.3) is 6.08 Å². The summed E-state index contributed by atoms with van der Waals surface area (Å²) in [5.41, 5.74) is 1.00. The SMILES string of the molecule is C=CCOC(=O)C1=C(C)N=c2s/c(=C\c3c(F)cccc3Cl)c(=O)n2C1c1ccc(OC)cc1. The first-order chi connectivity index (χ1) is 16.3. The molecule has 2 aromatic carbocycles. The highest BCUT2D eigenvalue weighted by Gasteiger charge is 2.33. The first kappa shape index (κ1) is 23.7. The predicted molar refractivity (Wildman–Crippen MR) is 129 cm³/mol. The lowest BCUT2D eigenvalue weighted by Gasteiger charge is -2.24. The zero-order valence-electron chi connectivity index (χ0n) is 18.4. The van der Waals surface area contributed by atoms with Crippen LogP contribution in [-0.2, 0) is 9.53 Å². The van der Waals surface area contributed by atoms with Crippen LogP contribution in [0, 0.1) is 5.82 Å². The number of hydrogen-bond acceptors (Lipinski definition) is 6. The summed E-state index contributed by atoms with van der Waals surface area (Å²) in [6, 6.07) is 10.5. The molecule has 0 fully saturated rings. The van der Waals surface area contributed by atoms with E-state index in [1.165, 1.54) is 28.9 Å². The lowest BCUT2D eigenvalue weighted by Crippen LogP contribution is -2.40. The third-order valence-electron chi connectivity index (χ3n) is 5.28. The Kier molecular flexibility index (Phi) is 6.81. The Balaban J connectivity index is 1.95. The third kappa shape index (κ3) is 4.34. The van der Waals surface area contributed by atoms with E-state index in [1.807, 2.05) is 0 Å². The Morgan fingerprint density at radius 2 is 2.03 bits per heavy atom. The maximum Gasteiger partial charge on any atom is 0.338 e. The molecule has 6 nitrogen and oxygen atoms in total. The van der Waals surface area contributed by atoms with E-state index >= 15 is 0 Å². The molecule has 1 aromatic heterocycles. The van der Waals surface area contributed by atoms with Crippen molar-refractivity contribution in [3.05, 3.63) is 108 Å². The van der Waals surface area contributed by atoms with E-state index in [0.29, 0.717) is 21.8 Å². The summed E-state index contributed by atoms with van der Waals surface area (Å²) in [5.74, 6) is -0.523. The molecule has 174 valence electrons. The number of carbonyl (C=O) groups is 1. The monoisotopic (exact) mass is 498 g/mol. The molecule has 0 bridgehead atoms. The highest BCUT2D eigenvalue weighted by atomic mass is 35.5. The molecule has 0 spiro atoms. The van der Waals surface area contributed by atoms with Crippen LogP contribution in [0.3, 0.4) is 0 Å². The van der Waals surface area contributed by atoms with Crippen molar-refractivity contribution in [3.63, 3.8) is 0 Å². The van der Waals surface area contributed by atoms with Gasteiger partial charge in [-0.2, -0.15) is 0 Å². The smallest absolute Gasteiger partial charge is 0.338 e. The lowest BCUT2D eigenvalue weighted by atomic mass is 9.96. The second-order valence-electron chi connectivity index (χ2n) is 7.38. The van der Waals surface area contributed by atoms with Crippen molar-refractivity contribution in [2.75, 3.05) is 13.7 Å². The third-order valence-corrected chi connectivity index (χ3v) is 6.59. The number of benzene rings is 2. The highest BCUT2D eigenvalue weighted by molar-refractivity contribution is 7.07. The Bertz CT molecular complexity index is 1470. The average molecular weight is 499 g/mol. The Morgan fingerprint density at radius 3 is 2.68 bits per heavy atom. The van der Waals surface area contributed by atoms with E-state index < -0.39 is 23.4 Å². The Labute approximate surface area is 203 Å². The molecule has 0 saturated carbocycles. The summed E-state index contributed by atoms with van der Waals surface area (Å²) in [7, 11) is 1.55. The van der Waals surface area contributed by atoms with Crippen LogP contribution >= 0.6 is 22.9 Å². The van der Waals surface area contributed by atoms with Gasteiger partial charge in [0.15, 0.2) is 4.80 Å². The van der Waals surface area contributed by atoms with Gasteiger partial charge >= 0.3 is 5.97 Å². The maximum absolute atomic E-state index is 14.4. The Morgan fingerprint density at radius 1 is 1.29 bits per heavy atom. The minimum absolute atomic E-state index is 0.0150. The lowest BCUT2D eigenvalue weighted by molar-refractivity contribution is -0.138. The van der Waals surface area contributed by atoms with Gasteiger partial charge in [-0.15, -0.1) is 0 Å². The number of thiazole rings is 1. The van der Waals surface area contributed by atoms with Gasteiger partial charge in [-0.05, 0) is 42.8 Å². The van der Waals surface area contributed by atoms with E-state index in [-0.39, 0.29) is 27.3 Å². The molecular weight excluding hydrogens is 479 g/mol. The highest BCUT2D eigenvalue weighted by Crippen LogP contribution is 2.31. The second kappa shape index (κ2) is 9.79. The van der Waals surface area contributed by atoms with E-state index in [0.717, 1.165) is 11.3 Å². The van der Waals surface area contributed by atoms with Gasteiger partial charge in [0.1, 0.15) is 18.2 Å². The number of nitrogens with zero attached hydrogens (tertiary/aromatic N) is 2. The number of halogens is 2. The zero-order chi connectivity index (χ0) is 24.4. The molecular formula is C25H20ClFN2O4S. The summed E-state index contributed by atoms with van der Waals surface area (Å²) < 4.78 is 26.6. The fourth-order valence-electron chi connectivity index (χ4n) is 3.68. The second-order valence-corrected chi connectivity index (χ2v) is 8.79. The van der Waals surface area contributed by atoms with Gasteiger partial charge in [0.2, 0.25) is 0 Å². The number of rotatable bonds is 6. The zero-order valence-corrected chi connectivity index (χ0v) is 20.0. The Hall–Kier alpha value is -3.49. The van der Waals surface area contributed by atoms with Crippen molar-refractivity contribution in [1.29, 1.82) is 0 Å². The predicted octanol–water partition coefficient (Wildman–Crippen LogP) is 3.77. The van der Waals surface area contributed by atoms with Crippen LogP contribution in [0.4, 0.5) is 4.39 Å². The standard InChI is InChI=1S/C25H20ClFN2O4S/c1-4-12-33-24(31)21-14(2)28-25-29(22(21)15-8-10-16(32-3)11-9-15)23(30)20(34-25)13-17-18(26)6-5-7-19(17)27/h4-11,13,22H,1,12H2,2-3H3/b20-13-. The average Bonchev–Trinajstić information content (AvgIpc) is 3.13. The molecule has 0 N–H and O–H groups in total. The van der Waals surface area contributed by atoms with Crippen LogP contribution in [0.1, 0.15) is 24.1 Å². The molecule has 0 radical (unpaired) electrons. The molecule has 9 heteroatoms. The van der Waals surface area contributed by atoms with E-state index in [9.17, 15) is 14.0 Å². The number of allylic oxidation sites excluding steroid dienone is 1. The fraction of sp³-hybridized carbons (Fsp3) is 0.160. The van der Waals surface area contributed by atoms with Gasteiger partial charge in [0.05, 0.1) is 34.0 Å². The summed E-state index contributed by atoms with van der Waals surface area (Å²) in [5, 5.41) is 0.183. The molecule has 1 aliphatic rings. The van der Waals surface area contributed by atoms with Gasteiger partial charge in [-0.1, -0.05) is 53.8 Å². The normalized spacial score (nSPS) is 15.5. The summed E-state index contributed by atoms with van der Waals surface area (Å²) in [6.07, 6.45) is 2.87. The van der Waals surface area contributed by atoms with Crippen molar-refractivity contribution >= 4 is 35.0 Å². The molecule has 0 aliphatic carbocycles. The molecule has 1 atom stereocenters. The number of carbonyl (C=O) groups excluding carboxylic acids is 1. The maximum atomic E-state index is 14.4. The molecule has 1 unspecified atom stereocenters. The minimum atomic E-state index is -0.794. The topological polar surface area (TPSA) is 69.9 Å². The van der Waals surface area contributed by atoms with Crippen LogP contribution in [0.15, 0.2) is 76.2 Å². The molecule has 0 amide bonds. The molecule has 1 aliphatic heterocycles. The van der Waals surface area contributed by atoms with Gasteiger partial charge in [0.25, 0.3) is 5.56 Å². The molecule has 34 heavy (non-hydrogen) atoms. The van der Waals surface area contributed by atoms with Gasteiger partial charge in [-0.25, -0.2) is 14.2 Å².